The molecule has 0 spiro atoms. The molecule has 47 heavy (non-hydrogen) atoms. The number of nitrogens with one attached hydrogen (secondary N) is 1. The minimum absolute atomic E-state index is 0.0358. The summed E-state index contributed by atoms with van der Waals surface area (Å²) in [6.07, 6.45) is 11.2. The second kappa shape index (κ2) is 11.1. The van der Waals surface area contributed by atoms with Crippen LogP contribution < -0.4 is 4.72 Å². The van der Waals surface area contributed by atoms with Crippen molar-refractivity contribution in [1.29, 1.82) is 0 Å². The first-order valence-corrected chi connectivity index (χ1v) is 19.6. The number of carboxylic acids is 1. The van der Waals surface area contributed by atoms with Gasteiger partial charge in [-0.15, -0.1) is 0 Å². The molecule has 1 aromatic rings. The van der Waals surface area contributed by atoms with Gasteiger partial charge < -0.3 is 5.11 Å². The van der Waals surface area contributed by atoms with Crippen LogP contribution in [0, 0.1) is 56.7 Å². The van der Waals surface area contributed by atoms with E-state index >= 15 is 0 Å². The van der Waals surface area contributed by atoms with Gasteiger partial charge in [-0.2, -0.15) is 0 Å². The Bertz CT molecular complexity index is 1620. The van der Waals surface area contributed by atoms with Crippen LogP contribution in [0.5, 0.6) is 0 Å². The van der Waals surface area contributed by atoms with Gasteiger partial charge in [-0.3, -0.25) is 9.52 Å². The van der Waals surface area contributed by atoms with E-state index in [2.05, 4.69) is 58.9 Å². The van der Waals surface area contributed by atoms with Crippen LogP contribution in [-0.4, -0.2) is 30.7 Å². The Morgan fingerprint density at radius 2 is 1.55 bits per heavy atom. The molecule has 0 radical (unpaired) electrons. The van der Waals surface area contributed by atoms with E-state index < -0.39 is 26.7 Å². The number of allylic oxidation sites excluding steroid dienone is 3. The Morgan fingerprint density at radius 3 is 2.15 bits per heavy atom. The fourth-order valence-electron chi connectivity index (χ4n) is 12.8. The first-order chi connectivity index (χ1) is 21.8. The summed E-state index contributed by atoms with van der Waals surface area (Å²) in [7, 11) is -3.72. The first kappa shape index (κ1) is 34.5. The number of sulfonamides is 1. The van der Waals surface area contributed by atoms with Crippen LogP contribution in [0.4, 0.5) is 0 Å². The molecule has 0 aromatic heterocycles. The Hall–Kier alpha value is -2.41. The van der Waals surface area contributed by atoms with E-state index in [1.807, 2.05) is 12.1 Å². The maximum Gasteiger partial charge on any atom is 0.335 e. The summed E-state index contributed by atoms with van der Waals surface area (Å²) in [4.78, 5) is 25.7. The number of carboxylic acid groups (broad SMARTS) is 1. The molecule has 1 amide bonds. The van der Waals surface area contributed by atoms with Crippen LogP contribution in [0.3, 0.4) is 0 Å². The molecule has 1 aromatic carbocycles. The van der Waals surface area contributed by atoms with Gasteiger partial charge in [0.1, 0.15) is 0 Å². The van der Waals surface area contributed by atoms with Crippen molar-refractivity contribution in [2.24, 2.45) is 56.7 Å². The molecule has 2 N–H and O–H groups in total. The zero-order valence-corrected chi connectivity index (χ0v) is 30.7. The maximum atomic E-state index is 14.2. The normalized spacial score (nSPS) is 40.7. The van der Waals surface area contributed by atoms with Crippen LogP contribution in [0.1, 0.15) is 129 Å². The highest BCUT2D eigenvalue weighted by Gasteiger charge is 2.71. The minimum atomic E-state index is -3.72. The van der Waals surface area contributed by atoms with Crippen molar-refractivity contribution >= 4 is 27.5 Å². The van der Waals surface area contributed by atoms with Crippen LogP contribution in [0.2, 0.25) is 0 Å². The molecule has 258 valence electrons. The molecule has 4 fully saturated rings. The van der Waals surface area contributed by atoms with Gasteiger partial charge in [0.25, 0.3) is 0 Å². The number of rotatable bonds is 6. The SMILES string of the molecule is C=C(C)[C@@H]1CC[C@]2(C(=O)NS(=O)(=O)C(C)C)CC[C@]3(C)[C@H](CC[C@@H]4[C@@]5(C)CC=C(c6ccc(C(=O)O)cc6)C(C)(C)[C@@H]5CC[C@]43C)[C@@H]12. The van der Waals surface area contributed by atoms with Gasteiger partial charge in [-0.05, 0) is 153 Å². The highest BCUT2D eigenvalue weighted by molar-refractivity contribution is 7.90. The molecule has 6 rings (SSSR count). The van der Waals surface area contributed by atoms with Crippen molar-refractivity contribution < 1.29 is 23.1 Å². The average molecular weight is 664 g/mol. The van der Waals surface area contributed by atoms with E-state index in [1.54, 1.807) is 26.0 Å². The average Bonchev–Trinajstić information content (AvgIpc) is 3.38. The molecule has 4 saturated carbocycles. The lowest BCUT2D eigenvalue weighted by atomic mass is 9.32. The van der Waals surface area contributed by atoms with Crippen molar-refractivity contribution in [2.45, 2.75) is 118 Å². The number of amides is 1. The molecule has 0 aliphatic heterocycles. The molecule has 0 saturated heterocycles. The van der Waals surface area contributed by atoms with Crippen molar-refractivity contribution in [1.82, 2.24) is 4.72 Å². The number of hydrogen-bond donors (Lipinski definition) is 2. The van der Waals surface area contributed by atoms with Crippen LogP contribution in [0.15, 0.2) is 42.5 Å². The summed E-state index contributed by atoms with van der Waals surface area (Å²) >= 11 is 0. The predicted octanol–water partition coefficient (Wildman–Crippen LogP) is 8.89. The van der Waals surface area contributed by atoms with Crippen LogP contribution >= 0.6 is 0 Å². The van der Waals surface area contributed by atoms with E-state index in [4.69, 9.17) is 0 Å². The standard InChI is InChI=1S/C40H57NO5S/c1-24(2)28-16-21-40(35(44)41-47(45,46)25(3)4)23-22-38(8)30(33(28)40)14-15-32-37(7)19-17-29(26-10-12-27(13-11-26)34(42)43)36(5,6)31(37)18-20-39(32,38)9/h10-13,17,25,28,30-33H,1,14-16,18-23H2,2-9H3,(H,41,44)(H,42,43)/t28-,30+,31-,32+,33+,37-,38+,39+,40-/m0/s1. The number of carbonyl (C=O) groups is 2. The zero-order chi connectivity index (χ0) is 34.5. The highest BCUT2D eigenvalue weighted by Crippen LogP contribution is 2.77. The summed E-state index contributed by atoms with van der Waals surface area (Å²) in [5.74, 6) is 0.534. The Balaban J connectivity index is 1.36. The van der Waals surface area contributed by atoms with Crippen LogP contribution in [-0.2, 0) is 14.8 Å². The van der Waals surface area contributed by atoms with E-state index in [1.165, 1.54) is 5.57 Å². The quantitative estimate of drug-likeness (QED) is 0.296. The van der Waals surface area contributed by atoms with Gasteiger partial charge in [-0.1, -0.05) is 65.0 Å². The summed E-state index contributed by atoms with van der Waals surface area (Å²) in [6.45, 7) is 22.3. The number of benzene rings is 1. The molecule has 0 bridgehead atoms. The molecule has 5 aliphatic carbocycles. The largest absolute Gasteiger partial charge is 0.478 e. The van der Waals surface area contributed by atoms with Gasteiger partial charge in [0, 0.05) is 0 Å². The van der Waals surface area contributed by atoms with Gasteiger partial charge in [-0.25, -0.2) is 13.2 Å². The van der Waals surface area contributed by atoms with Gasteiger partial charge >= 0.3 is 5.97 Å². The smallest absolute Gasteiger partial charge is 0.335 e. The van der Waals surface area contributed by atoms with Gasteiger partial charge in [0.05, 0.1) is 16.2 Å². The Kier molecular flexibility index (Phi) is 8.10. The number of aromatic carboxylic acids is 1. The lowest BCUT2D eigenvalue weighted by Crippen LogP contribution is -2.66. The van der Waals surface area contributed by atoms with Crippen molar-refractivity contribution in [3.05, 3.63) is 53.6 Å². The minimum Gasteiger partial charge on any atom is -0.478 e. The molecule has 0 heterocycles. The van der Waals surface area contributed by atoms with E-state index in [0.29, 0.717) is 23.3 Å². The van der Waals surface area contributed by atoms with Gasteiger partial charge in [0.15, 0.2) is 0 Å². The second-order valence-corrected chi connectivity index (χ2v) is 20.0. The fraction of sp³-hybridized carbons (Fsp3) is 0.700. The lowest BCUT2D eigenvalue weighted by molar-refractivity contribution is -0.224. The van der Waals surface area contributed by atoms with E-state index in [0.717, 1.165) is 68.9 Å². The molecule has 9 atom stereocenters. The fourth-order valence-corrected chi connectivity index (χ4v) is 13.5. The summed E-state index contributed by atoms with van der Waals surface area (Å²) < 4.78 is 28.5. The lowest BCUT2D eigenvalue weighted by Gasteiger charge is -2.72. The Morgan fingerprint density at radius 1 is 0.894 bits per heavy atom. The number of carbonyl (C=O) groups excluding carboxylic acids is 1. The van der Waals surface area contributed by atoms with Crippen LogP contribution in [0.25, 0.3) is 5.57 Å². The molecule has 5 aliphatic rings. The van der Waals surface area contributed by atoms with E-state index in [9.17, 15) is 23.1 Å². The third-order valence-electron chi connectivity index (χ3n) is 15.4. The number of hydrogen-bond acceptors (Lipinski definition) is 4. The summed E-state index contributed by atoms with van der Waals surface area (Å²) in [5, 5.41) is 8.79. The zero-order valence-electron chi connectivity index (χ0n) is 29.9. The van der Waals surface area contributed by atoms with Crippen molar-refractivity contribution in [2.75, 3.05) is 0 Å². The molecular weight excluding hydrogens is 607 g/mol. The predicted molar refractivity (Wildman–Crippen MR) is 188 cm³/mol. The third-order valence-corrected chi connectivity index (χ3v) is 17.1. The number of fused-ring (bicyclic) bond motifs is 7. The maximum absolute atomic E-state index is 14.2. The van der Waals surface area contributed by atoms with E-state index in [-0.39, 0.29) is 39.4 Å². The molecule has 7 heteroatoms. The topological polar surface area (TPSA) is 101 Å². The molecule has 6 nitrogen and oxygen atoms in total. The van der Waals surface area contributed by atoms with Crippen molar-refractivity contribution in [3.63, 3.8) is 0 Å². The first-order valence-electron chi connectivity index (χ1n) is 18.0. The third kappa shape index (κ3) is 4.78. The molecule has 0 unspecified atom stereocenters. The second-order valence-electron chi connectivity index (χ2n) is 17.8. The summed E-state index contributed by atoms with van der Waals surface area (Å²) in [6, 6.07) is 7.42. The van der Waals surface area contributed by atoms with Gasteiger partial charge in [0.2, 0.25) is 15.9 Å². The Labute approximate surface area is 283 Å². The monoisotopic (exact) mass is 663 g/mol. The molecular formula is C40H57NO5S. The summed E-state index contributed by atoms with van der Waals surface area (Å²) in [5.41, 5.74) is 3.43. The van der Waals surface area contributed by atoms with Crippen molar-refractivity contribution in [3.8, 4) is 0 Å². The highest BCUT2D eigenvalue weighted by atomic mass is 32.2.